The molecule has 1 aromatic heterocycles. The van der Waals surface area contributed by atoms with Crippen LogP contribution in [0.3, 0.4) is 0 Å². The number of rotatable bonds is 6. The Hall–Kier alpha value is -2.30. The van der Waals surface area contributed by atoms with Crippen molar-refractivity contribution in [2.75, 3.05) is 5.32 Å². The minimum atomic E-state index is -0.584. The number of carbonyl (C=O) groups is 1. The maximum atomic E-state index is 12.1. The maximum Gasteiger partial charge on any atom is 0.266 e. The van der Waals surface area contributed by atoms with Crippen molar-refractivity contribution < 1.29 is 9.53 Å². The molecular weight excluding hydrogens is 266 g/mol. The highest BCUT2D eigenvalue weighted by atomic mass is 16.5. The average Bonchev–Trinajstić information content (AvgIpc) is 2.89. The van der Waals surface area contributed by atoms with Gasteiger partial charge in [0.15, 0.2) is 11.9 Å². The molecule has 1 unspecified atom stereocenters. The fourth-order valence-electron chi connectivity index (χ4n) is 1.93. The predicted octanol–water partition coefficient (Wildman–Crippen LogP) is 3.08. The highest BCUT2D eigenvalue weighted by Crippen LogP contribution is 2.14. The third kappa shape index (κ3) is 4.34. The van der Waals surface area contributed by atoms with Gasteiger partial charge in [-0.25, -0.2) is 0 Å². The van der Waals surface area contributed by atoms with E-state index in [0.717, 1.165) is 24.1 Å². The number of benzene rings is 1. The predicted molar refractivity (Wildman–Crippen MR) is 82.5 cm³/mol. The van der Waals surface area contributed by atoms with Crippen molar-refractivity contribution in [1.29, 1.82) is 0 Å². The molecule has 1 aromatic carbocycles. The number of carbonyl (C=O) groups excluding carboxylic acids is 1. The quantitative estimate of drug-likeness (QED) is 0.858. The number of aryl methyl sites for hydroxylation is 2. The molecule has 0 aliphatic rings. The van der Waals surface area contributed by atoms with Gasteiger partial charge >= 0.3 is 0 Å². The van der Waals surface area contributed by atoms with Gasteiger partial charge in [-0.2, -0.15) is 5.10 Å². The van der Waals surface area contributed by atoms with E-state index in [4.69, 9.17) is 4.74 Å². The smallest absolute Gasteiger partial charge is 0.266 e. The Bertz CT molecular complexity index is 590. The molecule has 21 heavy (non-hydrogen) atoms. The van der Waals surface area contributed by atoms with Gasteiger partial charge in [-0.1, -0.05) is 31.0 Å². The minimum absolute atomic E-state index is 0.217. The van der Waals surface area contributed by atoms with Gasteiger partial charge in [-0.05, 0) is 32.4 Å². The molecule has 1 amide bonds. The monoisotopic (exact) mass is 287 g/mol. The topological polar surface area (TPSA) is 67.0 Å². The van der Waals surface area contributed by atoms with E-state index in [1.807, 2.05) is 37.3 Å². The van der Waals surface area contributed by atoms with Crippen LogP contribution in [0.1, 0.15) is 31.5 Å². The van der Waals surface area contributed by atoms with Gasteiger partial charge in [0.1, 0.15) is 5.75 Å². The second kappa shape index (κ2) is 6.92. The Kier molecular flexibility index (Phi) is 4.98. The summed E-state index contributed by atoms with van der Waals surface area (Å²) in [5.41, 5.74) is 2.17. The zero-order valence-corrected chi connectivity index (χ0v) is 12.6. The molecule has 2 N–H and O–H groups in total. The second-order valence-electron chi connectivity index (χ2n) is 5.09. The summed E-state index contributed by atoms with van der Waals surface area (Å²) in [6, 6.07) is 9.45. The summed E-state index contributed by atoms with van der Waals surface area (Å²) in [5.74, 6) is 0.991. The molecule has 2 rings (SSSR count). The third-order valence-electron chi connectivity index (χ3n) is 3.10. The van der Waals surface area contributed by atoms with Crippen molar-refractivity contribution >= 4 is 11.7 Å². The molecule has 5 heteroatoms. The van der Waals surface area contributed by atoms with Crippen LogP contribution in [-0.2, 0) is 11.2 Å². The fraction of sp³-hybridized carbons (Fsp3) is 0.375. The summed E-state index contributed by atoms with van der Waals surface area (Å²) in [5, 5.41) is 9.71. The largest absolute Gasteiger partial charge is 0.481 e. The summed E-state index contributed by atoms with van der Waals surface area (Å²) in [6.45, 7) is 5.82. The molecule has 0 saturated carbocycles. The molecule has 5 nitrogen and oxygen atoms in total. The standard InChI is InChI=1S/C16H21N3O2/c1-4-5-13-10-15(19-18-13)17-16(20)12(3)21-14-8-6-11(2)7-9-14/h6-10,12H,4-5H2,1-3H3,(H2,17,18,19,20). The molecule has 0 fully saturated rings. The number of nitrogens with one attached hydrogen (secondary N) is 2. The first-order valence-electron chi connectivity index (χ1n) is 7.17. The van der Waals surface area contributed by atoms with Crippen molar-refractivity contribution in [3.63, 3.8) is 0 Å². The lowest BCUT2D eigenvalue weighted by atomic mass is 10.2. The number of hydrogen-bond acceptors (Lipinski definition) is 3. The molecule has 0 spiro atoms. The Balaban J connectivity index is 1.90. The van der Waals surface area contributed by atoms with Crippen molar-refractivity contribution in [2.45, 2.75) is 39.7 Å². The van der Waals surface area contributed by atoms with Crippen LogP contribution in [0.25, 0.3) is 0 Å². The van der Waals surface area contributed by atoms with Crippen molar-refractivity contribution in [2.24, 2.45) is 0 Å². The van der Waals surface area contributed by atoms with Crippen molar-refractivity contribution in [3.05, 3.63) is 41.6 Å². The van der Waals surface area contributed by atoms with Crippen molar-refractivity contribution in [1.82, 2.24) is 10.2 Å². The number of aromatic nitrogens is 2. The summed E-state index contributed by atoms with van der Waals surface area (Å²) >= 11 is 0. The molecule has 112 valence electrons. The first-order valence-corrected chi connectivity index (χ1v) is 7.17. The summed E-state index contributed by atoms with van der Waals surface area (Å²) < 4.78 is 5.61. The van der Waals surface area contributed by atoms with Crippen LogP contribution in [0, 0.1) is 6.92 Å². The van der Waals surface area contributed by atoms with E-state index >= 15 is 0 Å². The van der Waals surface area contributed by atoms with E-state index in [9.17, 15) is 4.79 Å². The van der Waals surface area contributed by atoms with Crippen LogP contribution in [-0.4, -0.2) is 22.2 Å². The number of H-pyrrole nitrogens is 1. The number of aromatic amines is 1. The van der Waals surface area contributed by atoms with E-state index < -0.39 is 6.10 Å². The van der Waals surface area contributed by atoms with Gasteiger partial charge in [0.05, 0.1) is 0 Å². The molecule has 0 saturated heterocycles. The number of amides is 1. The fourth-order valence-corrected chi connectivity index (χ4v) is 1.93. The molecule has 0 aliphatic heterocycles. The number of nitrogens with zero attached hydrogens (tertiary/aromatic N) is 1. The summed E-state index contributed by atoms with van der Waals surface area (Å²) in [6.07, 6.45) is 1.36. The van der Waals surface area contributed by atoms with E-state index in [1.54, 1.807) is 6.92 Å². The molecule has 2 aromatic rings. The van der Waals surface area contributed by atoms with E-state index in [0.29, 0.717) is 11.6 Å². The highest BCUT2D eigenvalue weighted by Gasteiger charge is 2.16. The van der Waals surface area contributed by atoms with Crippen LogP contribution in [0.15, 0.2) is 30.3 Å². The SMILES string of the molecule is CCCc1cc(NC(=O)C(C)Oc2ccc(C)cc2)n[nH]1. The van der Waals surface area contributed by atoms with Crippen LogP contribution in [0.2, 0.25) is 0 Å². The minimum Gasteiger partial charge on any atom is -0.481 e. The number of anilines is 1. The van der Waals surface area contributed by atoms with E-state index in [-0.39, 0.29) is 5.91 Å². The van der Waals surface area contributed by atoms with Gasteiger partial charge in [0.2, 0.25) is 0 Å². The third-order valence-corrected chi connectivity index (χ3v) is 3.10. The summed E-state index contributed by atoms with van der Waals surface area (Å²) in [7, 11) is 0. The average molecular weight is 287 g/mol. The Morgan fingerprint density at radius 1 is 1.38 bits per heavy atom. The lowest BCUT2D eigenvalue weighted by molar-refractivity contribution is -0.122. The highest BCUT2D eigenvalue weighted by molar-refractivity contribution is 5.93. The number of hydrogen-bond donors (Lipinski definition) is 2. The molecular formula is C16H21N3O2. The van der Waals surface area contributed by atoms with Crippen LogP contribution in [0.4, 0.5) is 5.82 Å². The lowest BCUT2D eigenvalue weighted by Gasteiger charge is -2.13. The van der Waals surface area contributed by atoms with Gasteiger partial charge in [-0.3, -0.25) is 9.89 Å². The maximum absolute atomic E-state index is 12.1. The zero-order chi connectivity index (χ0) is 15.2. The molecule has 0 bridgehead atoms. The van der Waals surface area contributed by atoms with Crippen LogP contribution < -0.4 is 10.1 Å². The second-order valence-corrected chi connectivity index (χ2v) is 5.09. The summed E-state index contributed by atoms with van der Waals surface area (Å²) in [4.78, 5) is 12.1. The van der Waals surface area contributed by atoms with E-state index in [1.165, 1.54) is 0 Å². The van der Waals surface area contributed by atoms with Crippen LogP contribution in [0.5, 0.6) is 5.75 Å². The normalized spacial score (nSPS) is 12.0. The lowest BCUT2D eigenvalue weighted by Crippen LogP contribution is -2.30. The Morgan fingerprint density at radius 2 is 2.10 bits per heavy atom. The van der Waals surface area contributed by atoms with E-state index in [2.05, 4.69) is 22.4 Å². The van der Waals surface area contributed by atoms with Gasteiger partial charge in [-0.15, -0.1) is 0 Å². The van der Waals surface area contributed by atoms with Crippen molar-refractivity contribution in [3.8, 4) is 5.75 Å². The van der Waals surface area contributed by atoms with Crippen LogP contribution >= 0.6 is 0 Å². The molecule has 1 heterocycles. The number of ether oxygens (including phenoxy) is 1. The first kappa shape index (κ1) is 15.1. The first-order chi connectivity index (χ1) is 10.1. The van der Waals surface area contributed by atoms with Gasteiger partial charge in [0.25, 0.3) is 5.91 Å². The van der Waals surface area contributed by atoms with Gasteiger partial charge in [0, 0.05) is 11.8 Å². The zero-order valence-electron chi connectivity index (χ0n) is 12.6. The Labute approximate surface area is 124 Å². The van der Waals surface area contributed by atoms with Gasteiger partial charge < -0.3 is 10.1 Å². The Morgan fingerprint density at radius 3 is 2.76 bits per heavy atom. The molecule has 1 atom stereocenters. The molecule has 0 radical (unpaired) electrons. The molecule has 0 aliphatic carbocycles.